The Morgan fingerprint density at radius 2 is 2.27 bits per heavy atom. The van der Waals surface area contributed by atoms with Gasteiger partial charge in [0.15, 0.2) is 5.82 Å². The molecule has 1 saturated heterocycles. The van der Waals surface area contributed by atoms with E-state index < -0.39 is 0 Å². The molecule has 2 amide bonds. The Bertz CT molecular complexity index is 701. The van der Waals surface area contributed by atoms with Crippen LogP contribution in [0.15, 0.2) is 22.7 Å². The number of aryl methyl sites for hydroxylation is 2. The topological polar surface area (TPSA) is 71.3 Å². The fraction of sp³-hybridized carbons (Fsp3) is 0.400. The number of urea groups is 1. The van der Waals surface area contributed by atoms with Gasteiger partial charge in [-0.15, -0.1) is 0 Å². The first-order chi connectivity index (χ1) is 10.5. The lowest BCUT2D eigenvalue weighted by molar-refractivity contribution is 0.193. The molecule has 3 rings (SSSR count). The molecule has 1 aromatic heterocycles. The summed E-state index contributed by atoms with van der Waals surface area (Å²) in [5, 5.41) is 7.30. The number of carbonyl (C=O) groups excluding carboxylic acids is 1. The van der Waals surface area contributed by atoms with Gasteiger partial charge in [-0.2, -0.15) is 4.98 Å². The highest BCUT2D eigenvalue weighted by Gasteiger charge is 2.34. The number of likely N-dealkylation sites (tertiary alicyclic amines) is 1. The second kappa shape index (κ2) is 5.96. The van der Waals surface area contributed by atoms with Gasteiger partial charge >= 0.3 is 6.03 Å². The average molecular weight is 321 g/mol. The van der Waals surface area contributed by atoms with Gasteiger partial charge in [-0.1, -0.05) is 22.8 Å². The van der Waals surface area contributed by atoms with Gasteiger partial charge in [0, 0.05) is 17.3 Å². The van der Waals surface area contributed by atoms with Crippen LogP contribution in [-0.4, -0.2) is 27.6 Å². The van der Waals surface area contributed by atoms with Crippen LogP contribution in [0.4, 0.5) is 10.5 Å². The third kappa shape index (κ3) is 2.92. The molecule has 116 valence electrons. The molecule has 2 aromatic rings. The molecule has 0 radical (unpaired) electrons. The summed E-state index contributed by atoms with van der Waals surface area (Å²) in [6.07, 6.45) is 1.73. The summed E-state index contributed by atoms with van der Waals surface area (Å²) in [5.41, 5.74) is 1.67. The number of halogens is 1. The van der Waals surface area contributed by atoms with E-state index in [-0.39, 0.29) is 12.1 Å². The van der Waals surface area contributed by atoms with Gasteiger partial charge in [0.2, 0.25) is 5.89 Å². The molecule has 1 atom stereocenters. The van der Waals surface area contributed by atoms with Crippen molar-refractivity contribution in [3.8, 4) is 0 Å². The van der Waals surface area contributed by atoms with E-state index in [1.807, 2.05) is 13.0 Å². The van der Waals surface area contributed by atoms with E-state index in [9.17, 15) is 4.79 Å². The molecular formula is C15H17ClN4O2. The number of aromatic nitrogens is 2. The fourth-order valence-corrected chi connectivity index (χ4v) is 2.80. The zero-order valence-electron chi connectivity index (χ0n) is 12.5. The van der Waals surface area contributed by atoms with Crippen LogP contribution in [0.3, 0.4) is 0 Å². The summed E-state index contributed by atoms with van der Waals surface area (Å²) in [5.74, 6) is 1.07. The third-order valence-electron chi connectivity index (χ3n) is 3.78. The van der Waals surface area contributed by atoms with Crippen molar-refractivity contribution in [2.45, 2.75) is 32.7 Å². The summed E-state index contributed by atoms with van der Waals surface area (Å²) in [6, 6.07) is 5.08. The lowest BCUT2D eigenvalue weighted by Crippen LogP contribution is -2.34. The number of hydrogen-bond acceptors (Lipinski definition) is 4. The van der Waals surface area contributed by atoms with E-state index in [0.717, 1.165) is 18.4 Å². The fourth-order valence-electron chi connectivity index (χ4n) is 2.63. The quantitative estimate of drug-likeness (QED) is 0.915. The lowest BCUT2D eigenvalue weighted by atomic mass is 10.2. The monoisotopic (exact) mass is 320 g/mol. The number of amides is 2. The average Bonchev–Trinajstić information content (AvgIpc) is 3.11. The van der Waals surface area contributed by atoms with Crippen molar-refractivity contribution in [1.29, 1.82) is 0 Å². The summed E-state index contributed by atoms with van der Waals surface area (Å²) >= 11 is 5.99. The molecule has 7 heteroatoms. The van der Waals surface area contributed by atoms with Crippen LogP contribution in [-0.2, 0) is 0 Å². The Labute approximate surface area is 133 Å². The van der Waals surface area contributed by atoms with Gasteiger partial charge in [0.25, 0.3) is 0 Å². The van der Waals surface area contributed by atoms with Crippen LogP contribution in [0.5, 0.6) is 0 Å². The van der Waals surface area contributed by atoms with E-state index >= 15 is 0 Å². The Morgan fingerprint density at radius 1 is 1.45 bits per heavy atom. The molecule has 1 aliphatic heterocycles. The predicted octanol–water partition coefficient (Wildman–Crippen LogP) is 3.71. The smallest absolute Gasteiger partial charge is 0.322 e. The minimum Gasteiger partial charge on any atom is -0.337 e. The molecule has 6 nitrogen and oxygen atoms in total. The van der Waals surface area contributed by atoms with Crippen LogP contribution in [0, 0.1) is 13.8 Å². The van der Waals surface area contributed by atoms with Gasteiger partial charge in [0.05, 0.1) is 0 Å². The van der Waals surface area contributed by atoms with Crippen molar-refractivity contribution in [2.75, 3.05) is 11.9 Å². The Balaban J connectivity index is 1.77. The highest BCUT2D eigenvalue weighted by Crippen LogP contribution is 2.31. The molecule has 1 fully saturated rings. The van der Waals surface area contributed by atoms with E-state index in [2.05, 4.69) is 15.5 Å². The molecule has 1 aliphatic rings. The molecule has 0 bridgehead atoms. The summed E-state index contributed by atoms with van der Waals surface area (Å²) < 4.78 is 5.22. The molecule has 0 unspecified atom stereocenters. The third-order valence-corrected chi connectivity index (χ3v) is 4.02. The first-order valence-corrected chi connectivity index (χ1v) is 7.56. The van der Waals surface area contributed by atoms with Crippen molar-refractivity contribution < 1.29 is 9.32 Å². The highest BCUT2D eigenvalue weighted by molar-refractivity contribution is 6.31. The Hall–Kier alpha value is -2.08. The van der Waals surface area contributed by atoms with Crippen LogP contribution in [0.1, 0.15) is 36.2 Å². The molecule has 22 heavy (non-hydrogen) atoms. The highest BCUT2D eigenvalue weighted by atomic mass is 35.5. The standard InChI is InChI=1S/C15H17ClN4O2/c1-9-5-6-11(16)8-12(9)18-15(21)20-7-3-4-13(20)14-17-10(2)19-22-14/h5-6,8,13H,3-4,7H2,1-2H3,(H,18,21)/t13-/m0/s1. The van der Waals surface area contributed by atoms with Gasteiger partial charge < -0.3 is 14.7 Å². The first kappa shape index (κ1) is 14.8. The molecule has 1 aromatic carbocycles. The Kier molecular flexibility index (Phi) is 4.02. The predicted molar refractivity (Wildman–Crippen MR) is 82.9 cm³/mol. The van der Waals surface area contributed by atoms with Crippen molar-refractivity contribution in [1.82, 2.24) is 15.0 Å². The Morgan fingerprint density at radius 3 is 3.00 bits per heavy atom. The number of benzene rings is 1. The second-order valence-electron chi connectivity index (χ2n) is 5.42. The maximum atomic E-state index is 12.6. The lowest BCUT2D eigenvalue weighted by Gasteiger charge is -2.22. The number of anilines is 1. The minimum absolute atomic E-state index is 0.166. The zero-order valence-corrected chi connectivity index (χ0v) is 13.2. The largest absolute Gasteiger partial charge is 0.337 e. The second-order valence-corrected chi connectivity index (χ2v) is 5.86. The number of rotatable bonds is 2. The van der Waals surface area contributed by atoms with Gasteiger partial charge in [-0.05, 0) is 44.4 Å². The number of nitrogens with one attached hydrogen (secondary N) is 1. The van der Waals surface area contributed by atoms with Crippen molar-refractivity contribution in [3.05, 3.63) is 40.5 Å². The summed E-state index contributed by atoms with van der Waals surface area (Å²) in [6.45, 7) is 4.36. The summed E-state index contributed by atoms with van der Waals surface area (Å²) in [7, 11) is 0. The zero-order chi connectivity index (χ0) is 15.7. The first-order valence-electron chi connectivity index (χ1n) is 7.18. The summed E-state index contributed by atoms with van der Waals surface area (Å²) in [4.78, 5) is 18.5. The van der Waals surface area contributed by atoms with Crippen molar-refractivity contribution in [3.63, 3.8) is 0 Å². The molecular weight excluding hydrogens is 304 g/mol. The SMILES string of the molecule is Cc1noc([C@@H]2CCCN2C(=O)Nc2cc(Cl)ccc2C)n1. The van der Waals surface area contributed by atoms with Crippen LogP contribution in [0.25, 0.3) is 0 Å². The minimum atomic E-state index is -0.177. The maximum Gasteiger partial charge on any atom is 0.322 e. The molecule has 0 saturated carbocycles. The van der Waals surface area contributed by atoms with Gasteiger partial charge in [-0.25, -0.2) is 4.79 Å². The van der Waals surface area contributed by atoms with Gasteiger partial charge in [-0.3, -0.25) is 0 Å². The van der Waals surface area contributed by atoms with Crippen LogP contribution < -0.4 is 5.32 Å². The van der Waals surface area contributed by atoms with Crippen molar-refractivity contribution in [2.24, 2.45) is 0 Å². The number of hydrogen-bond donors (Lipinski definition) is 1. The molecule has 2 heterocycles. The van der Waals surface area contributed by atoms with Crippen LogP contribution in [0.2, 0.25) is 5.02 Å². The van der Waals surface area contributed by atoms with E-state index in [4.69, 9.17) is 16.1 Å². The van der Waals surface area contributed by atoms with Crippen LogP contribution >= 0.6 is 11.6 Å². The van der Waals surface area contributed by atoms with Crippen molar-refractivity contribution >= 4 is 23.3 Å². The van der Waals surface area contributed by atoms with Gasteiger partial charge in [0.1, 0.15) is 6.04 Å². The maximum absolute atomic E-state index is 12.6. The van der Waals surface area contributed by atoms with E-state index in [0.29, 0.717) is 29.0 Å². The number of carbonyl (C=O) groups is 1. The van der Waals surface area contributed by atoms with E-state index in [1.54, 1.807) is 24.0 Å². The molecule has 0 spiro atoms. The molecule has 1 N–H and O–H groups in total. The normalized spacial score (nSPS) is 17.8. The number of nitrogens with zero attached hydrogens (tertiary/aromatic N) is 3. The van der Waals surface area contributed by atoms with E-state index in [1.165, 1.54) is 0 Å². The molecule has 0 aliphatic carbocycles.